The molecule has 0 aliphatic heterocycles. The Morgan fingerprint density at radius 1 is 0.921 bits per heavy atom. The van der Waals surface area contributed by atoms with Crippen LogP contribution in [0.4, 0.5) is 16.2 Å². The molecule has 3 amide bonds. The first-order valence-electron chi connectivity index (χ1n) is 11.9. The molecule has 1 aromatic heterocycles. The van der Waals surface area contributed by atoms with Crippen LogP contribution < -0.4 is 21.1 Å². The van der Waals surface area contributed by atoms with Crippen molar-refractivity contribution >= 4 is 40.6 Å². The predicted molar refractivity (Wildman–Crippen MR) is 151 cm³/mol. The lowest BCUT2D eigenvalue weighted by Gasteiger charge is -2.21. The van der Waals surface area contributed by atoms with E-state index in [2.05, 4.69) is 10.6 Å². The van der Waals surface area contributed by atoms with Crippen LogP contribution in [0.2, 0.25) is 0 Å². The van der Waals surface area contributed by atoms with Crippen LogP contribution >= 0.6 is 11.3 Å². The molecule has 0 aliphatic carbocycles. The number of hydrogen-bond acceptors (Lipinski definition) is 6. The second kappa shape index (κ2) is 12.2. The summed E-state index contributed by atoms with van der Waals surface area (Å²) in [4.78, 5) is 39.5. The molecule has 0 bridgehead atoms. The molecule has 9 heteroatoms. The van der Waals surface area contributed by atoms with Crippen molar-refractivity contribution in [3.8, 4) is 16.9 Å². The van der Waals surface area contributed by atoms with Crippen LogP contribution in [0.1, 0.15) is 21.8 Å². The number of carbonyl (C=O) groups is 3. The van der Waals surface area contributed by atoms with Gasteiger partial charge in [-0.3, -0.25) is 9.59 Å². The van der Waals surface area contributed by atoms with Crippen molar-refractivity contribution < 1.29 is 19.1 Å². The fourth-order valence-corrected chi connectivity index (χ4v) is 4.62. The molecule has 4 rings (SSSR count). The highest BCUT2D eigenvalue weighted by molar-refractivity contribution is 7.08. The van der Waals surface area contributed by atoms with Gasteiger partial charge >= 0.3 is 6.09 Å². The summed E-state index contributed by atoms with van der Waals surface area (Å²) in [6.07, 6.45) is -0.978. The maximum absolute atomic E-state index is 13.1. The van der Waals surface area contributed by atoms with Crippen LogP contribution in [0.5, 0.6) is 5.75 Å². The molecule has 4 aromatic rings. The molecule has 0 aliphatic rings. The summed E-state index contributed by atoms with van der Waals surface area (Å²) in [6.45, 7) is 0.493. The van der Waals surface area contributed by atoms with Gasteiger partial charge in [0, 0.05) is 17.8 Å². The smallest absolute Gasteiger partial charge is 0.408 e. The maximum atomic E-state index is 13.1. The minimum atomic E-state index is -0.978. The quantitative estimate of drug-likeness (QED) is 0.269. The number of hydrogen-bond donors (Lipinski definition) is 3. The van der Waals surface area contributed by atoms with E-state index in [0.717, 1.165) is 22.4 Å². The van der Waals surface area contributed by atoms with Gasteiger partial charge in [0.25, 0.3) is 5.91 Å². The maximum Gasteiger partial charge on any atom is 0.410 e. The number of primary amides is 1. The van der Waals surface area contributed by atoms with Crippen LogP contribution in [0.3, 0.4) is 0 Å². The molecular formula is C29H28N4O4S. The van der Waals surface area contributed by atoms with Crippen molar-refractivity contribution in [2.45, 2.75) is 5.92 Å². The molecule has 3 aromatic carbocycles. The molecule has 1 heterocycles. The summed E-state index contributed by atoms with van der Waals surface area (Å²) in [7, 11) is 3.81. The van der Waals surface area contributed by atoms with Gasteiger partial charge in [-0.25, -0.2) is 4.79 Å². The number of nitrogens with one attached hydrogen (secondary N) is 2. The van der Waals surface area contributed by atoms with Gasteiger partial charge in [-0.1, -0.05) is 36.4 Å². The van der Waals surface area contributed by atoms with Crippen LogP contribution in [-0.4, -0.2) is 43.4 Å². The molecule has 4 N–H and O–H groups in total. The summed E-state index contributed by atoms with van der Waals surface area (Å²) in [5, 5.41) is 9.70. The van der Waals surface area contributed by atoms with Gasteiger partial charge in [-0.2, -0.15) is 11.3 Å². The largest absolute Gasteiger partial charge is 0.410 e. The van der Waals surface area contributed by atoms with Crippen LogP contribution in [0.25, 0.3) is 11.1 Å². The Morgan fingerprint density at radius 2 is 1.66 bits per heavy atom. The number of thiophene rings is 1. The number of carbonyl (C=O) groups excluding carboxylic acids is 3. The van der Waals surface area contributed by atoms with Crippen molar-refractivity contribution in [3.63, 3.8) is 0 Å². The summed E-state index contributed by atoms with van der Waals surface area (Å²) in [5.41, 5.74) is 9.23. The Kier molecular flexibility index (Phi) is 8.52. The number of likely N-dealkylation sites (N-methyl/N-ethyl adjacent to an activating group) is 1. The Balaban J connectivity index is 1.54. The lowest BCUT2D eigenvalue weighted by atomic mass is 9.96. The van der Waals surface area contributed by atoms with E-state index in [0.29, 0.717) is 17.8 Å². The highest BCUT2D eigenvalue weighted by Gasteiger charge is 2.22. The summed E-state index contributed by atoms with van der Waals surface area (Å²) in [5.74, 6) is -0.836. The van der Waals surface area contributed by atoms with Crippen LogP contribution in [0, 0.1) is 0 Å². The molecule has 0 fully saturated rings. The Bertz CT molecular complexity index is 1400. The van der Waals surface area contributed by atoms with E-state index in [9.17, 15) is 14.4 Å². The highest BCUT2D eigenvalue weighted by atomic mass is 32.1. The topological polar surface area (TPSA) is 114 Å². The second-order valence-corrected chi connectivity index (χ2v) is 9.67. The molecule has 38 heavy (non-hydrogen) atoms. The minimum Gasteiger partial charge on any atom is -0.408 e. The highest BCUT2D eigenvalue weighted by Crippen LogP contribution is 2.32. The fraction of sp³-hybridized carbons (Fsp3) is 0.138. The normalized spacial score (nSPS) is 11.6. The van der Waals surface area contributed by atoms with Crippen molar-refractivity contribution in [2.24, 2.45) is 5.73 Å². The predicted octanol–water partition coefficient (Wildman–Crippen LogP) is 5.41. The number of benzene rings is 3. The fourth-order valence-electron chi connectivity index (χ4n) is 3.95. The van der Waals surface area contributed by atoms with Gasteiger partial charge in [-0.15, -0.1) is 0 Å². The van der Waals surface area contributed by atoms with E-state index in [1.54, 1.807) is 53.8 Å². The number of amides is 3. The molecule has 0 saturated heterocycles. The molecule has 194 valence electrons. The number of rotatable bonds is 9. The lowest BCUT2D eigenvalue weighted by Crippen LogP contribution is -2.30. The molecular weight excluding hydrogens is 500 g/mol. The van der Waals surface area contributed by atoms with Gasteiger partial charge < -0.3 is 26.0 Å². The third-order valence-electron chi connectivity index (χ3n) is 5.77. The Labute approximate surface area is 225 Å². The molecule has 1 atom stereocenters. The Hall–Kier alpha value is -4.47. The average molecular weight is 529 g/mol. The van der Waals surface area contributed by atoms with E-state index in [-0.39, 0.29) is 11.7 Å². The van der Waals surface area contributed by atoms with Crippen molar-refractivity contribution in [1.82, 2.24) is 4.90 Å². The van der Waals surface area contributed by atoms with Crippen molar-refractivity contribution in [2.75, 3.05) is 31.3 Å². The number of anilines is 2. The second-order valence-electron chi connectivity index (χ2n) is 8.89. The lowest BCUT2D eigenvalue weighted by molar-refractivity contribution is -0.117. The summed E-state index contributed by atoms with van der Waals surface area (Å²) in [6, 6.07) is 23.2. The standard InChI is InChI=1S/C29H28N4O4S/c1-33(2)17-24(28(35)31-23-6-4-3-5-7-23)19-8-10-20(11-9-19)27(34)32-25-16-21(22-14-15-38-18-22)12-13-26(25)37-29(30)36/h3-16,18,24H,17H2,1-2H3,(H2,30,36)(H,31,35)(H,32,34). The van der Waals surface area contributed by atoms with Crippen LogP contribution in [0.15, 0.2) is 89.6 Å². The zero-order chi connectivity index (χ0) is 27.1. The van der Waals surface area contributed by atoms with Crippen molar-refractivity contribution in [1.29, 1.82) is 0 Å². The van der Waals surface area contributed by atoms with Gasteiger partial charge in [0.1, 0.15) is 0 Å². The Morgan fingerprint density at radius 3 is 2.29 bits per heavy atom. The van der Waals surface area contributed by atoms with E-state index in [1.807, 2.05) is 66.2 Å². The first kappa shape index (κ1) is 26.6. The monoisotopic (exact) mass is 528 g/mol. The van der Waals surface area contributed by atoms with Gasteiger partial charge in [0.15, 0.2) is 5.75 Å². The first-order valence-corrected chi connectivity index (χ1v) is 12.8. The third-order valence-corrected chi connectivity index (χ3v) is 6.46. The zero-order valence-corrected chi connectivity index (χ0v) is 21.8. The third kappa shape index (κ3) is 6.84. The molecule has 1 unspecified atom stereocenters. The first-order chi connectivity index (χ1) is 18.3. The van der Waals surface area contributed by atoms with Gasteiger partial charge in [0.05, 0.1) is 11.6 Å². The number of nitrogens with zero attached hydrogens (tertiary/aromatic N) is 1. The summed E-state index contributed by atoms with van der Waals surface area (Å²) >= 11 is 1.55. The van der Waals surface area contributed by atoms with E-state index in [1.165, 1.54) is 0 Å². The van der Waals surface area contributed by atoms with E-state index in [4.69, 9.17) is 10.5 Å². The minimum absolute atomic E-state index is 0.138. The summed E-state index contributed by atoms with van der Waals surface area (Å²) < 4.78 is 5.09. The van der Waals surface area contributed by atoms with E-state index < -0.39 is 17.9 Å². The molecule has 0 saturated carbocycles. The molecule has 0 radical (unpaired) electrons. The molecule has 8 nitrogen and oxygen atoms in total. The molecule has 0 spiro atoms. The zero-order valence-electron chi connectivity index (χ0n) is 21.0. The average Bonchev–Trinajstić information content (AvgIpc) is 3.44. The number of nitrogens with two attached hydrogens (primary N) is 1. The number of para-hydroxylation sites is 1. The SMILES string of the molecule is CN(C)CC(C(=O)Nc1ccccc1)c1ccc(C(=O)Nc2cc(-c3ccsc3)ccc2OC(N)=O)cc1. The van der Waals surface area contributed by atoms with Crippen LogP contribution in [-0.2, 0) is 4.79 Å². The van der Waals surface area contributed by atoms with Gasteiger partial charge in [0.2, 0.25) is 5.91 Å². The number of ether oxygens (including phenoxy) is 1. The van der Waals surface area contributed by atoms with Gasteiger partial charge in [-0.05, 0) is 84.0 Å². The van der Waals surface area contributed by atoms with Crippen molar-refractivity contribution in [3.05, 3.63) is 101 Å². The van der Waals surface area contributed by atoms with E-state index >= 15 is 0 Å².